The second-order valence-electron chi connectivity index (χ2n) is 5.12. The number of anilines is 2. The fourth-order valence-electron chi connectivity index (χ4n) is 1.46. The van der Waals surface area contributed by atoms with Crippen LogP contribution in [0.3, 0.4) is 0 Å². The van der Waals surface area contributed by atoms with Crippen molar-refractivity contribution in [2.45, 2.75) is 20.8 Å². The Balaban J connectivity index is 0.000000442. The second-order valence-corrected chi connectivity index (χ2v) is 5.12. The van der Waals surface area contributed by atoms with E-state index in [4.69, 9.17) is 5.73 Å². The molecule has 14 nitrogen and oxygen atoms in total. The first kappa shape index (κ1) is 25.5. The molecule has 0 atom stereocenters. The molecule has 2 aromatic heterocycles. The van der Waals surface area contributed by atoms with Gasteiger partial charge in [-0.15, -0.1) is 0 Å². The van der Waals surface area contributed by atoms with Gasteiger partial charge in [0.05, 0.1) is 9.85 Å². The summed E-state index contributed by atoms with van der Waals surface area (Å²) in [6.45, 7) is 3.70. The van der Waals surface area contributed by atoms with E-state index in [-0.39, 0.29) is 23.1 Å². The highest BCUT2D eigenvalue weighted by atomic mass is 16.6. The lowest BCUT2D eigenvalue weighted by Crippen LogP contribution is -2.07. The molecule has 2 heterocycles. The van der Waals surface area contributed by atoms with Gasteiger partial charge in [-0.2, -0.15) is 0 Å². The van der Waals surface area contributed by atoms with E-state index in [9.17, 15) is 34.6 Å². The van der Waals surface area contributed by atoms with E-state index in [1.54, 1.807) is 0 Å². The van der Waals surface area contributed by atoms with Crippen molar-refractivity contribution < 1.29 is 29.0 Å². The van der Waals surface area contributed by atoms with E-state index in [1.165, 1.54) is 45.0 Å². The summed E-state index contributed by atoms with van der Waals surface area (Å²) < 4.78 is 3.97. The smallest absolute Gasteiger partial charge is 0.310 e. The molecule has 0 aromatic carbocycles. The van der Waals surface area contributed by atoms with E-state index in [2.05, 4.69) is 20.0 Å². The molecule has 0 spiro atoms. The van der Waals surface area contributed by atoms with Gasteiger partial charge in [-0.3, -0.25) is 34.6 Å². The zero-order chi connectivity index (χ0) is 23.3. The summed E-state index contributed by atoms with van der Waals surface area (Å²) in [6.07, 6.45) is 2.21. The van der Waals surface area contributed by atoms with Crippen LogP contribution in [0.4, 0.5) is 23.0 Å². The molecular formula is C16H18N6O8. The zero-order valence-electron chi connectivity index (χ0n) is 16.1. The number of nitrogen functional groups attached to an aromatic ring is 1. The molecule has 0 aliphatic heterocycles. The monoisotopic (exact) mass is 422 g/mol. The number of hydrogen-bond donors (Lipinski definition) is 2. The van der Waals surface area contributed by atoms with Crippen LogP contribution in [0.25, 0.3) is 0 Å². The largest absolute Gasteiger partial charge is 0.394 e. The van der Waals surface area contributed by atoms with Crippen LogP contribution in [0.2, 0.25) is 0 Å². The number of nitrogens with zero attached hydrogens (tertiary/aromatic N) is 4. The molecule has 0 fully saturated rings. The molecule has 0 unspecified atom stereocenters. The van der Waals surface area contributed by atoms with E-state index in [0.717, 1.165) is 12.4 Å². The lowest BCUT2D eigenvalue weighted by atomic mass is 10.4. The van der Waals surface area contributed by atoms with Gasteiger partial charge in [0.1, 0.15) is 24.0 Å². The summed E-state index contributed by atoms with van der Waals surface area (Å²) in [5, 5.41) is 22.6. The molecule has 2 aromatic rings. The Kier molecular flexibility index (Phi) is 10.9. The van der Waals surface area contributed by atoms with Gasteiger partial charge in [-0.05, 0) is 12.1 Å². The van der Waals surface area contributed by atoms with Crippen LogP contribution in [0.15, 0.2) is 36.7 Å². The summed E-state index contributed by atoms with van der Waals surface area (Å²) in [5.41, 5.74) is 5.04. The van der Waals surface area contributed by atoms with Crippen LogP contribution < -0.4 is 11.1 Å². The van der Waals surface area contributed by atoms with Crippen molar-refractivity contribution >= 4 is 40.9 Å². The fourth-order valence-corrected chi connectivity index (χ4v) is 1.46. The SMILES string of the molecule is CC(=O)Nc1ccc([N+](=O)[O-])cn1.CC(=O)OC(C)=O.Nc1ccc([N+](=O)[O-])cn1. The minimum Gasteiger partial charge on any atom is -0.394 e. The lowest BCUT2D eigenvalue weighted by Gasteiger charge is -1.98. The first-order valence-electron chi connectivity index (χ1n) is 7.85. The molecule has 0 aliphatic rings. The maximum atomic E-state index is 10.5. The molecule has 1 amide bonds. The van der Waals surface area contributed by atoms with E-state index < -0.39 is 21.8 Å². The predicted octanol–water partition coefficient (Wildman–Crippen LogP) is 1.62. The predicted molar refractivity (Wildman–Crippen MR) is 103 cm³/mol. The molecule has 0 radical (unpaired) electrons. The van der Waals surface area contributed by atoms with Crippen molar-refractivity contribution in [3.8, 4) is 0 Å². The molecule has 0 saturated heterocycles. The van der Waals surface area contributed by atoms with Crippen LogP contribution in [-0.4, -0.2) is 37.7 Å². The minimum atomic E-state index is -0.562. The number of nitrogens with one attached hydrogen (secondary N) is 1. The summed E-state index contributed by atoms with van der Waals surface area (Å²) in [6, 6.07) is 5.35. The van der Waals surface area contributed by atoms with E-state index >= 15 is 0 Å². The van der Waals surface area contributed by atoms with Gasteiger partial charge in [0.2, 0.25) is 5.91 Å². The van der Waals surface area contributed by atoms with Crippen LogP contribution in [0.5, 0.6) is 0 Å². The summed E-state index contributed by atoms with van der Waals surface area (Å²) in [4.78, 5) is 56.5. The Morgan fingerprint density at radius 2 is 1.37 bits per heavy atom. The van der Waals surface area contributed by atoms with Gasteiger partial charge >= 0.3 is 11.9 Å². The molecule has 14 heteroatoms. The number of pyridine rings is 2. The second kappa shape index (κ2) is 12.8. The van der Waals surface area contributed by atoms with Gasteiger partial charge in [0.25, 0.3) is 11.4 Å². The van der Waals surface area contributed by atoms with Gasteiger partial charge in [-0.1, -0.05) is 0 Å². The normalized spacial score (nSPS) is 8.90. The third-order valence-corrected chi connectivity index (χ3v) is 2.53. The number of rotatable bonds is 3. The van der Waals surface area contributed by atoms with Crippen molar-refractivity contribution in [1.82, 2.24) is 9.97 Å². The van der Waals surface area contributed by atoms with Gasteiger partial charge in [-0.25, -0.2) is 9.97 Å². The number of ether oxygens (including phenoxy) is 1. The molecule has 0 aliphatic carbocycles. The number of carbonyl (C=O) groups is 3. The molecule has 160 valence electrons. The zero-order valence-corrected chi connectivity index (χ0v) is 16.1. The number of amides is 1. The molecule has 3 N–H and O–H groups in total. The lowest BCUT2D eigenvalue weighted by molar-refractivity contribution is -0.385. The van der Waals surface area contributed by atoms with Crippen LogP contribution in [0, 0.1) is 20.2 Å². The van der Waals surface area contributed by atoms with Gasteiger partial charge < -0.3 is 15.8 Å². The van der Waals surface area contributed by atoms with Crippen molar-refractivity contribution in [2.75, 3.05) is 11.1 Å². The van der Waals surface area contributed by atoms with Crippen LogP contribution in [-0.2, 0) is 19.1 Å². The molecular weight excluding hydrogens is 404 g/mol. The molecule has 0 bridgehead atoms. The number of hydrogen-bond acceptors (Lipinski definition) is 11. The summed E-state index contributed by atoms with van der Waals surface area (Å²) >= 11 is 0. The topological polar surface area (TPSA) is 211 Å². The average Bonchev–Trinajstić information content (AvgIpc) is 2.62. The third kappa shape index (κ3) is 12.0. The first-order valence-corrected chi connectivity index (χ1v) is 7.85. The maximum Gasteiger partial charge on any atom is 0.310 e. The number of nitro groups is 2. The Bertz CT molecular complexity index is 887. The fraction of sp³-hybridized carbons (Fsp3) is 0.188. The van der Waals surface area contributed by atoms with Gasteiger partial charge in [0.15, 0.2) is 0 Å². The van der Waals surface area contributed by atoms with Gasteiger partial charge in [0, 0.05) is 32.9 Å². The number of aromatic nitrogens is 2. The summed E-state index contributed by atoms with van der Waals surface area (Å²) in [7, 11) is 0. The Morgan fingerprint density at radius 3 is 1.63 bits per heavy atom. The maximum absolute atomic E-state index is 10.5. The highest BCUT2D eigenvalue weighted by Gasteiger charge is 2.05. The number of carbonyl (C=O) groups excluding carboxylic acids is 3. The number of nitrogens with two attached hydrogens (primary N) is 1. The summed E-state index contributed by atoms with van der Waals surface area (Å²) in [5.74, 6) is -0.801. The van der Waals surface area contributed by atoms with Crippen molar-refractivity contribution in [1.29, 1.82) is 0 Å². The third-order valence-electron chi connectivity index (χ3n) is 2.53. The van der Waals surface area contributed by atoms with E-state index in [1.807, 2.05) is 0 Å². The Labute approximate surface area is 169 Å². The van der Waals surface area contributed by atoms with Crippen LogP contribution in [0.1, 0.15) is 20.8 Å². The molecule has 30 heavy (non-hydrogen) atoms. The van der Waals surface area contributed by atoms with E-state index in [0.29, 0.717) is 5.82 Å². The van der Waals surface area contributed by atoms with Crippen molar-refractivity contribution in [3.63, 3.8) is 0 Å². The number of esters is 2. The molecule has 0 saturated carbocycles. The minimum absolute atomic E-state index is 0.0470. The highest BCUT2D eigenvalue weighted by molar-refractivity contribution is 5.87. The van der Waals surface area contributed by atoms with Crippen molar-refractivity contribution in [2.24, 2.45) is 0 Å². The molecule has 2 rings (SSSR count). The first-order chi connectivity index (χ1) is 13.9. The standard InChI is InChI=1S/C7H7N3O3.C5H5N3O2.C4H6O3/c1-5(11)9-7-3-2-6(4-8-7)10(12)13;6-5-2-1-4(3-7-5)8(9)10;1-3(5)7-4(2)6/h2-4H,1H3,(H,8,9,11);1-3H,(H2,6,7);1-2H3. The highest BCUT2D eigenvalue weighted by Crippen LogP contribution is 2.11. The van der Waals surface area contributed by atoms with Crippen molar-refractivity contribution in [3.05, 3.63) is 56.9 Å². The Hall–Kier alpha value is -4.49. The average molecular weight is 422 g/mol. The quantitative estimate of drug-likeness (QED) is 0.314. The van der Waals surface area contributed by atoms with Crippen LogP contribution >= 0.6 is 0 Å². The Morgan fingerprint density at radius 1 is 0.900 bits per heavy atom.